The molecule has 0 bridgehead atoms. The van der Waals surface area contributed by atoms with E-state index in [2.05, 4.69) is 0 Å². The fraction of sp³-hybridized carbons (Fsp3) is 0.500. The number of carbonyl (C=O) groups excluding carboxylic acids is 1. The zero-order valence-corrected chi connectivity index (χ0v) is 12.2. The van der Waals surface area contributed by atoms with Crippen LogP contribution in [-0.4, -0.2) is 28.9 Å². The van der Waals surface area contributed by atoms with Crippen LogP contribution in [0.4, 0.5) is 0 Å². The van der Waals surface area contributed by atoms with Crippen molar-refractivity contribution in [2.45, 2.75) is 33.2 Å². The van der Waals surface area contributed by atoms with E-state index in [1.54, 1.807) is 11.9 Å². The summed E-state index contributed by atoms with van der Waals surface area (Å²) < 4.78 is 0. The summed E-state index contributed by atoms with van der Waals surface area (Å²) in [6, 6.07) is 1.97. The first-order valence-corrected chi connectivity index (χ1v) is 6.68. The molecule has 1 atom stereocenters. The molecule has 0 radical (unpaired) electrons. The molecule has 17 heavy (non-hydrogen) atoms. The van der Waals surface area contributed by atoms with Crippen LogP contribution in [-0.2, 0) is 0 Å². The van der Waals surface area contributed by atoms with Crippen molar-refractivity contribution in [3.8, 4) is 0 Å². The van der Waals surface area contributed by atoms with Gasteiger partial charge in [0.05, 0.1) is 9.87 Å². The van der Waals surface area contributed by atoms with E-state index in [4.69, 9.17) is 18.0 Å². The molecule has 0 aliphatic carbocycles. The third-order valence-electron chi connectivity index (χ3n) is 2.85. The lowest BCUT2D eigenvalue weighted by molar-refractivity contribution is 0.0753. The van der Waals surface area contributed by atoms with Crippen LogP contribution >= 0.6 is 23.6 Å². The van der Waals surface area contributed by atoms with Gasteiger partial charge in [-0.1, -0.05) is 12.2 Å². The second kappa shape index (κ2) is 5.60. The summed E-state index contributed by atoms with van der Waals surface area (Å²) >= 11 is 6.39. The molecule has 1 unspecified atom stereocenters. The van der Waals surface area contributed by atoms with E-state index in [-0.39, 0.29) is 11.9 Å². The van der Waals surface area contributed by atoms with Crippen molar-refractivity contribution in [2.24, 2.45) is 5.73 Å². The summed E-state index contributed by atoms with van der Waals surface area (Å²) in [5, 5.41) is 0. The predicted octanol–water partition coefficient (Wildman–Crippen LogP) is 2.50. The third kappa shape index (κ3) is 3.51. The van der Waals surface area contributed by atoms with Gasteiger partial charge in [-0.3, -0.25) is 4.79 Å². The number of nitrogens with zero attached hydrogens (tertiary/aromatic N) is 1. The van der Waals surface area contributed by atoms with E-state index in [0.717, 1.165) is 10.4 Å². The van der Waals surface area contributed by atoms with Crippen LogP contribution in [0.3, 0.4) is 0 Å². The van der Waals surface area contributed by atoms with Gasteiger partial charge in [0, 0.05) is 24.4 Å². The largest absolute Gasteiger partial charge is 0.393 e. The fourth-order valence-corrected chi connectivity index (χ4v) is 2.74. The Hall–Kier alpha value is -0.940. The molecule has 3 nitrogen and oxygen atoms in total. The lowest BCUT2D eigenvalue weighted by Gasteiger charge is -2.23. The van der Waals surface area contributed by atoms with E-state index in [1.165, 1.54) is 16.2 Å². The third-order valence-corrected chi connectivity index (χ3v) is 4.16. The molecule has 1 aromatic heterocycles. The van der Waals surface area contributed by atoms with Crippen LogP contribution in [0.2, 0.25) is 0 Å². The van der Waals surface area contributed by atoms with Gasteiger partial charge in [-0.25, -0.2) is 0 Å². The molecule has 94 valence electrons. The number of amides is 1. The summed E-state index contributed by atoms with van der Waals surface area (Å²) in [5.74, 6) is 0.0370. The Morgan fingerprint density at radius 3 is 2.59 bits per heavy atom. The van der Waals surface area contributed by atoms with Crippen LogP contribution in [0, 0.1) is 13.8 Å². The topological polar surface area (TPSA) is 46.3 Å². The molecule has 0 saturated heterocycles. The molecule has 1 rings (SSSR count). The van der Waals surface area contributed by atoms with Crippen LogP contribution in [0.1, 0.15) is 33.5 Å². The van der Waals surface area contributed by atoms with E-state index in [0.29, 0.717) is 11.4 Å². The molecule has 1 amide bonds. The van der Waals surface area contributed by atoms with E-state index < -0.39 is 0 Å². The molecule has 2 N–H and O–H groups in total. The van der Waals surface area contributed by atoms with Crippen LogP contribution in [0.5, 0.6) is 0 Å². The van der Waals surface area contributed by atoms with Crippen molar-refractivity contribution < 1.29 is 4.79 Å². The fourth-order valence-electron chi connectivity index (χ4n) is 1.48. The van der Waals surface area contributed by atoms with Gasteiger partial charge in [-0.15, -0.1) is 11.3 Å². The summed E-state index contributed by atoms with van der Waals surface area (Å²) in [4.78, 5) is 16.3. The minimum atomic E-state index is 0.0303. The van der Waals surface area contributed by atoms with Gasteiger partial charge in [0.2, 0.25) is 0 Å². The SMILES string of the molecule is Cc1cc(C(=O)N(C)C(C)CC(N)=S)sc1C. The van der Waals surface area contributed by atoms with Crippen LogP contribution < -0.4 is 5.73 Å². The predicted molar refractivity (Wildman–Crippen MR) is 76.8 cm³/mol. The Balaban J connectivity index is 2.79. The number of thiocarbonyl (C=S) groups is 1. The zero-order valence-electron chi connectivity index (χ0n) is 10.6. The summed E-state index contributed by atoms with van der Waals surface area (Å²) in [5.41, 5.74) is 6.66. The first-order chi connectivity index (χ1) is 7.82. The highest BCUT2D eigenvalue weighted by Crippen LogP contribution is 2.22. The number of aryl methyl sites for hydroxylation is 2. The van der Waals surface area contributed by atoms with Gasteiger partial charge in [0.15, 0.2) is 0 Å². The molecule has 0 spiro atoms. The zero-order chi connectivity index (χ0) is 13.2. The lowest BCUT2D eigenvalue weighted by Crippen LogP contribution is -2.37. The first kappa shape index (κ1) is 14.1. The smallest absolute Gasteiger partial charge is 0.263 e. The first-order valence-electron chi connectivity index (χ1n) is 5.45. The number of nitrogens with two attached hydrogens (primary N) is 1. The van der Waals surface area contributed by atoms with Gasteiger partial charge in [0.25, 0.3) is 5.91 Å². The molecular formula is C12H18N2OS2. The Morgan fingerprint density at radius 2 is 2.18 bits per heavy atom. The molecule has 5 heteroatoms. The molecule has 0 aromatic carbocycles. The average Bonchev–Trinajstić information content (AvgIpc) is 2.56. The highest BCUT2D eigenvalue weighted by atomic mass is 32.1. The van der Waals surface area contributed by atoms with Crippen LogP contribution in [0.15, 0.2) is 6.07 Å². The maximum atomic E-state index is 12.2. The monoisotopic (exact) mass is 270 g/mol. The van der Waals surface area contributed by atoms with Crippen LogP contribution in [0.25, 0.3) is 0 Å². The molecule has 0 aliphatic rings. The van der Waals surface area contributed by atoms with Crippen molar-refractivity contribution >= 4 is 34.5 Å². The van der Waals surface area contributed by atoms with Crippen molar-refractivity contribution in [2.75, 3.05) is 7.05 Å². The summed E-state index contributed by atoms with van der Waals surface area (Å²) in [7, 11) is 1.79. The minimum absolute atomic E-state index is 0.0303. The molecule has 0 aliphatic heterocycles. The molecule has 0 fully saturated rings. The number of hydrogen-bond donors (Lipinski definition) is 1. The Bertz CT molecular complexity index is 420. The van der Waals surface area contributed by atoms with Gasteiger partial charge in [-0.2, -0.15) is 0 Å². The van der Waals surface area contributed by atoms with E-state index >= 15 is 0 Å². The lowest BCUT2D eigenvalue weighted by atomic mass is 10.2. The molecule has 0 saturated carbocycles. The number of rotatable bonds is 4. The summed E-state index contributed by atoms with van der Waals surface area (Å²) in [6.45, 7) is 5.99. The Morgan fingerprint density at radius 1 is 1.59 bits per heavy atom. The number of thiophene rings is 1. The van der Waals surface area contributed by atoms with Gasteiger partial charge in [-0.05, 0) is 32.4 Å². The van der Waals surface area contributed by atoms with Crippen molar-refractivity contribution in [3.05, 3.63) is 21.4 Å². The van der Waals surface area contributed by atoms with Crippen molar-refractivity contribution in [3.63, 3.8) is 0 Å². The van der Waals surface area contributed by atoms with Gasteiger partial charge >= 0.3 is 0 Å². The maximum Gasteiger partial charge on any atom is 0.263 e. The van der Waals surface area contributed by atoms with Crippen molar-refractivity contribution in [1.29, 1.82) is 0 Å². The molecular weight excluding hydrogens is 252 g/mol. The Kier molecular flexibility index (Phi) is 4.65. The molecule has 1 aromatic rings. The standard InChI is InChI=1S/C12H18N2OS2/c1-7-5-10(17-9(7)3)12(15)14(4)8(2)6-11(13)16/h5,8H,6H2,1-4H3,(H2,13,16). The van der Waals surface area contributed by atoms with Crippen molar-refractivity contribution in [1.82, 2.24) is 4.90 Å². The van der Waals surface area contributed by atoms with Gasteiger partial charge < -0.3 is 10.6 Å². The normalized spacial score (nSPS) is 12.2. The average molecular weight is 270 g/mol. The highest BCUT2D eigenvalue weighted by molar-refractivity contribution is 7.80. The minimum Gasteiger partial charge on any atom is -0.393 e. The quantitative estimate of drug-likeness (QED) is 0.855. The van der Waals surface area contributed by atoms with Gasteiger partial charge in [0.1, 0.15) is 0 Å². The number of carbonyl (C=O) groups is 1. The van der Waals surface area contributed by atoms with E-state index in [1.807, 2.05) is 26.8 Å². The maximum absolute atomic E-state index is 12.2. The molecule has 1 heterocycles. The second-order valence-corrected chi connectivity index (χ2v) is 6.07. The van der Waals surface area contributed by atoms with E-state index in [9.17, 15) is 4.79 Å². The second-order valence-electron chi connectivity index (χ2n) is 4.29. The number of hydrogen-bond acceptors (Lipinski definition) is 3. The Labute approximate surface area is 112 Å². The highest BCUT2D eigenvalue weighted by Gasteiger charge is 2.20. The summed E-state index contributed by atoms with van der Waals surface area (Å²) in [6.07, 6.45) is 0.556.